The van der Waals surface area contributed by atoms with Gasteiger partial charge in [-0.3, -0.25) is 4.79 Å². The number of hydrogen-bond donors (Lipinski definition) is 2. The molecule has 1 aromatic rings. The molecule has 1 amide bonds. The zero-order valence-corrected chi connectivity index (χ0v) is 10.0. The van der Waals surface area contributed by atoms with E-state index in [1.807, 2.05) is 13.0 Å². The number of amides is 1. The Kier molecular flexibility index (Phi) is 3.66. The Morgan fingerprint density at radius 3 is 2.67 bits per heavy atom. The van der Waals surface area contributed by atoms with Crippen LogP contribution in [0.15, 0.2) is 16.5 Å². The second-order valence-corrected chi connectivity index (χ2v) is 4.26. The molecule has 0 saturated carbocycles. The van der Waals surface area contributed by atoms with E-state index >= 15 is 0 Å². The molecular formula is C12H15NO5. The van der Waals surface area contributed by atoms with E-state index in [1.54, 1.807) is 6.07 Å². The van der Waals surface area contributed by atoms with E-state index in [4.69, 9.17) is 14.3 Å². The molecule has 0 aliphatic carbocycles. The number of carboxylic acid groups (broad SMARTS) is 1. The number of nitrogens with one attached hydrogen (secondary N) is 1. The number of hydrogen-bond acceptors (Lipinski definition) is 4. The number of rotatable bonds is 4. The number of ether oxygens (including phenoxy) is 1. The number of aliphatic carboxylic acids is 1. The third kappa shape index (κ3) is 2.89. The summed E-state index contributed by atoms with van der Waals surface area (Å²) in [6, 6.07) is 3.60. The van der Waals surface area contributed by atoms with Crippen molar-refractivity contribution in [3.05, 3.63) is 23.7 Å². The van der Waals surface area contributed by atoms with Gasteiger partial charge in [0.05, 0.1) is 6.54 Å². The summed E-state index contributed by atoms with van der Waals surface area (Å²) in [6.45, 7) is 2.10. The largest absolute Gasteiger partial charge is 0.479 e. The lowest BCUT2D eigenvalue weighted by molar-refractivity contribution is -0.151. The van der Waals surface area contributed by atoms with Crippen LogP contribution in [0.1, 0.15) is 24.4 Å². The van der Waals surface area contributed by atoms with Crippen molar-refractivity contribution in [3.63, 3.8) is 0 Å². The lowest BCUT2D eigenvalue weighted by Crippen LogP contribution is -2.35. The van der Waals surface area contributed by atoms with Crippen LogP contribution < -0.4 is 5.32 Å². The summed E-state index contributed by atoms with van der Waals surface area (Å²) < 4.78 is 10.4. The average molecular weight is 253 g/mol. The van der Waals surface area contributed by atoms with Gasteiger partial charge >= 0.3 is 5.97 Å². The monoisotopic (exact) mass is 253 g/mol. The van der Waals surface area contributed by atoms with Crippen LogP contribution in [0.2, 0.25) is 0 Å². The van der Waals surface area contributed by atoms with Crippen LogP contribution in [0.25, 0.3) is 0 Å². The Labute approximate surface area is 104 Å². The van der Waals surface area contributed by atoms with Crippen molar-refractivity contribution < 1.29 is 23.8 Å². The van der Waals surface area contributed by atoms with Crippen molar-refractivity contribution in [1.82, 2.24) is 5.32 Å². The highest BCUT2D eigenvalue weighted by Gasteiger charge is 2.34. The Morgan fingerprint density at radius 2 is 2.11 bits per heavy atom. The summed E-state index contributed by atoms with van der Waals surface area (Å²) in [7, 11) is 0. The zero-order chi connectivity index (χ0) is 13.1. The second kappa shape index (κ2) is 5.22. The topological polar surface area (TPSA) is 88.8 Å². The highest BCUT2D eigenvalue weighted by Crippen LogP contribution is 2.20. The standard InChI is InChI=1S/C12H15NO5/c1-7-2-3-8(17-7)6-13-11(14)9-4-5-10(18-9)12(15)16/h2-3,9-10H,4-6H2,1H3,(H,13,14)(H,15,16)/t9-,10+/m0/s1. The maximum Gasteiger partial charge on any atom is 0.332 e. The molecule has 0 radical (unpaired) electrons. The van der Waals surface area contributed by atoms with Gasteiger partial charge in [-0.1, -0.05) is 0 Å². The first-order chi connectivity index (χ1) is 8.56. The highest BCUT2D eigenvalue weighted by molar-refractivity contribution is 5.82. The minimum absolute atomic E-state index is 0.282. The number of furan rings is 1. The molecule has 1 aliphatic heterocycles. The van der Waals surface area contributed by atoms with Gasteiger partial charge in [0.1, 0.15) is 17.6 Å². The third-order valence-corrected chi connectivity index (χ3v) is 2.82. The van der Waals surface area contributed by atoms with Gasteiger partial charge in [0, 0.05) is 0 Å². The molecule has 6 nitrogen and oxygen atoms in total. The minimum Gasteiger partial charge on any atom is -0.479 e. The molecule has 0 aromatic carbocycles. The lowest BCUT2D eigenvalue weighted by atomic mass is 10.2. The fraction of sp³-hybridized carbons (Fsp3) is 0.500. The predicted octanol–water partition coefficient (Wildman–Crippen LogP) is 0.836. The van der Waals surface area contributed by atoms with E-state index in [9.17, 15) is 9.59 Å². The fourth-order valence-electron chi connectivity index (χ4n) is 1.88. The lowest BCUT2D eigenvalue weighted by Gasteiger charge is -2.10. The Hall–Kier alpha value is -1.82. The van der Waals surface area contributed by atoms with Gasteiger partial charge in [-0.25, -0.2) is 4.79 Å². The van der Waals surface area contributed by atoms with Gasteiger partial charge in [0.15, 0.2) is 6.10 Å². The molecule has 6 heteroatoms. The first-order valence-corrected chi connectivity index (χ1v) is 5.77. The number of carbonyl (C=O) groups is 2. The van der Waals surface area contributed by atoms with Crippen molar-refractivity contribution in [2.75, 3.05) is 0 Å². The van der Waals surface area contributed by atoms with Crippen LogP contribution in [-0.2, 0) is 20.9 Å². The van der Waals surface area contributed by atoms with Crippen LogP contribution in [0.4, 0.5) is 0 Å². The molecule has 2 N–H and O–H groups in total. The first-order valence-electron chi connectivity index (χ1n) is 5.77. The Morgan fingerprint density at radius 1 is 1.39 bits per heavy atom. The van der Waals surface area contributed by atoms with Crippen LogP contribution in [0, 0.1) is 6.92 Å². The highest BCUT2D eigenvalue weighted by atomic mass is 16.5. The summed E-state index contributed by atoms with van der Waals surface area (Å²) in [5.74, 6) is 0.121. The third-order valence-electron chi connectivity index (χ3n) is 2.82. The van der Waals surface area contributed by atoms with E-state index < -0.39 is 18.2 Å². The smallest absolute Gasteiger partial charge is 0.332 e. The summed E-state index contributed by atoms with van der Waals surface area (Å²) in [5, 5.41) is 11.4. The minimum atomic E-state index is -1.02. The van der Waals surface area contributed by atoms with Crippen molar-refractivity contribution in [1.29, 1.82) is 0 Å². The molecule has 1 fully saturated rings. The van der Waals surface area contributed by atoms with Gasteiger partial charge in [-0.2, -0.15) is 0 Å². The van der Waals surface area contributed by atoms with Gasteiger partial charge in [-0.05, 0) is 31.9 Å². The van der Waals surface area contributed by atoms with E-state index in [0.29, 0.717) is 18.6 Å². The maximum absolute atomic E-state index is 11.7. The number of carboxylic acids is 1. The molecule has 18 heavy (non-hydrogen) atoms. The predicted molar refractivity (Wildman–Crippen MR) is 60.8 cm³/mol. The molecule has 98 valence electrons. The zero-order valence-electron chi connectivity index (χ0n) is 10.0. The van der Waals surface area contributed by atoms with E-state index in [2.05, 4.69) is 5.32 Å². The summed E-state index contributed by atoms with van der Waals surface area (Å²) in [6.07, 6.45) is -0.749. The van der Waals surface area contributed by atoms with Gasteiger partial charge < -0.3 is 19.6 Å². The normalized spacial score (nSPS) is 22.9. The SMILES string of the molecule is Cc1ccc(CNC(=O)[C@@H]2CC[C@H](C(=O)O)O2)o1. The first kappa shape index (κ1) is 12.6. The van der Waals surface area contributed by atoms with Gasteiger partial charge in [0.2, 0.25) is 5.91 Å². The molecular weight excluding hydrogens is 238 g/mol. The van der Waals surface area contributed by atoms with Gasteiger partial charge in [-0.15, -0.1) is 0 Å². The van der Waals surface area contributed by atoms with Crippen molar-refractivity contribution in [2.45, 2.75) is 38.5 Å². The average Bonchev–Trinajstić information content (AvgIpc) is 2.94. The van der Waals surface area contributed by atoms with Gasteiger partial charge in [0.25, 0.3) is 0 Å². The van der Waals surface area contributed by atoms with E-state index in [0.717, 1.165) is 5.76 Å². The van der Waals surface area contributed by atoms with Crippen LogP contribution in [-0.4, -0.2) is 29.2 Å². The van der Waals surface area contributed by atoms with Crippen molar-refractivity contribution in [2.24, 2.45) is 0 Å². The second-order valence-electron chi connectivity index (χ2n) is 4.26. The summed E-state index contributed by atoms with van der Waals surface area (Å²) in [5.41, 5.74) is 0. The number of carbonyl (C=O) groups excluding carboxylic acids is 1. The Bertz CT molecular complexity index is 453. The molecule has 0 unspecified atom stereocenters. The van der Waals surface area contributed by atoms with Crippen LogP contribution >= 0.6 is 0 Å². The Balaban J connectivity index is 1.80. The summed E-state index contributed by atoms with van der Waals surface area (Å²) >= 11 is 0. The fourth-order valence-corrected chi connectivity index (χ4v) is 1.88. The van der Waals surface area contributed by atoms with Crippen LogP contribution in [0.5, 0.6) is 0 Å². The van der Waals surface area contributed by atoms with Crippen LogP contribution in [0.3, 0.4) is 0 Å². The van der Waals surface area contributed by atoms with E-state index in [1.165, 1.54) is 0 Å². The number of aryl methyl sites for hydroxylation is 1. The molecule has 1 saturated heterocycles. The molecule has 1 aliphatic rings. The molecule has 0 bridgehead atoms. The van der Waals surface area contributed by atoms with E-state index in [-0.39, 0.29) is 12.5 Å². The molecule has 2 atom stereocenters. The molecule has 2 heterocycles. The van der Waals surface area contributed by atoms with Crippen molar-refractivity contribution in [3.8, 4) is 0 Å². The van der Waals surface area contributed by atoms with Crippen molar-refractivity contribution >= 4 is 11.9 Å². The quantitative estimate of drug-likeness (QED) is 0.829. The molecule has 1 aromatic heterocycles. The molecule has 2 rings (SSSR count). The molecule has 0 spiro atoms. The maximum atomic E-state index is 11.7. The summed E-state index contributed by atoms with van der Waals surface area (Å²) in [4.78, 5) is 22.4.